The van der Waals surface area contributed by atoms with Crippen molar-refractivity contribution in [3.05, 3.63) is 54.1 Å². The highest BCUT2D eigenvalue weighted by Crippen LogP contribution is 2.32. The molecule has 7 nitrogen and oxygen atoms in total. The van der Waals surface area contributed by atoms with Crippen molar-refractivity contribution in [1.82, 2.24) is 0 Å². The molecular formula is C21H20N4O3S. The molecule has 0 bridgehead atoms. The third-order valence-corrected chi connectivity index (χ3v) is 5.83. The van der Waals surface area contributed by atoms with Gasteiger partial charge >= 0.3 is 0 Å². The molecule has 1 N–H and O–H groups in total. The lowest BCUT2D eigenvalue weighted by Gasteiger charge is -2.31. The maximum Gasteiger partial charge on any atom is 0.254 e. The molecule has 0 aromatic heterocycles. The van der Waals surface area contributed by atoms with Crippen LogP contribution in [0.2, 0.25) is 0 Å². The molecule has 2 aliphatic heterocycles. The highest BCUT2D eigenvalue weighted by atomic mass is 32.2. The number of hydrogen-bond acceptors (Lipinski definition) is 5. The fourth-order valence-corrected chi connectivity index (χ4v) is 4.28. The molecule has 8 heteroatoms. The molecule has 2 aliphatic rings. The minimum Gasteiger partial charge on any atom is -0.323 e. The van der Waals surface area contributed by atoms with E-state index in [-0.39, 0.29) is 30.8 Å². The van der Waals surface area contributed by atoms with Gasteiger partial charge in [-0.25, -0.2) is 0 Å². The fourth-order valence-electron chi connectivity index (χ4n) is 3.28. The normalized spacial score (nSPS) is 17.0. The Morgan fingerprint density at radius 1 is 1.14 bits per heavy atom. The Bertz CT molecular complexity index is 1020. The molecule has 2 aromatic carbocycles. The van der Waals surface area contributed by atoms with E-state index in [0.29, 0.717) is 16.5 Å². The summed E-state index contributed by atoms with van der Waals surface area (Å²) in [6.45, 7) is 3.77. The topological polar surface area (TPSA) is 82.1 Å². The molecule has 2 aromatic rings. The Hall–Kier alpha value is -3.13. The number of amidine groups is 1. The van der Waals surface area contributed by atoms with E-state index in [9.17, 15) is 14.4 Å². The number of anilines is 3. The van der Waals surface area contributed by atoms with Crippen LogP contribution >= 0.6 is 11.8 Å². The van der Waals surface area contributed by atoms with Crippen LogP contribution in [0.1, 0.15) is 12.5 Å². The standard InChI is InChI=1S/C21H20N4O3S/c1-13-7-9-15(10-8-13)25-19(27)11-22-21(25)29-14(2)20(28)24-12-18(26)23-16-5-3-4-6-17(16)24/h3-10,14H,11-12H2,1-2H3,(H,23,26)/t14-/m1/s1. The van der Waals surface area contributed by atoms with E-state index in [4.69, 9.17) is 0 Å². The van der Waals surface area contributed by atoms with Crippen LogP contribution in [0.3, 0.4) is 0 Å². The maximum absolute atomic E-state index is 13.1. The predicted octanol–water partition coefficient (Wildman–Crippen LogP) is 2.80. The monoisotopic (exact) mass is 408 g/mol. The van der Waals surface area contributed by atoms with E-state index in [1.165, 1.54) is 16.7 Å². The minimum atomic E-state index is -0.522. The fraction of sp³-hybridized carbons (Fsp3) is 0.238. The number of hydrogen-bond donors (Lipinski definition) is 1. The van der Waals surface area contributed by atoms with Crippen LogP contribution < -0.4 is 15.1 Å². The van der Waals surface area contributed by atoms with Crippen LogP contribution in [0.4, 0.5) is 17.1 Å². The van der Waals surface area contributed by atoms with Crippen LogP contribution in [0.15, 0.2) is 53.5 Å². The van der Waals surface area contributed by atoms with Gasteiger partial charge in [0.05, 0.1) is 22.3 Å². The zero-order chi connectivity index (χ0) is 20.5. The van der Waals surface area contributed by atoms with E-state index in [0.717, 1.165) is 11.3 Å². The van der Waals surface area contributed by atoms with E-state index in [1.54, 1.807) is 24.0 Å². The van der Waals surface area contributed by atoms with Gasteiger partial charge < -0.3 is 5.32 Å². The van der Waals surface area contributed by atoms with Crippen molar-refractivity contribution < 1.29 is 14.4 Å². The first-order valence-corrected chi connectivity index (χ1v) is 10.1. The molecule has 0 spiro atoms. The molecule has 0 unspecified atom stereocenters. The van der Waals surface area contributed by atoms with E-state index in [2.05, 4.69) is 10.3 Å². The Labute approximate surface area is 172 Å². The second-order valence-corrected chi connectivity index (χ2v) is 8.22. The second kappa shape index (κ2) is 7.71. The Morgan fingerprint density at radius 2 is 1.86 bits per heavy atom. The summed E-state index contributed by atoms with van der Waals surface area (Å²) in [7, 11) is 0. The summed E-state index contributed by atoms with van der Waals surface area (Å²) in [5, 5.41) is 2.75. The summed E-state index contributed by atoms with van der Waals surface area (Å²) in [4.78, 5) is 44.9. The van der Waals surface area contributed by atoms with Crippen LogP contribution in [-0.4, -0.2) is 41.2 Å². The number of rotatable bonds is 3. The van der Waals surface area contributed by atoms with Crippen LogP contribution in [0.25, 0.3) is 0 Å². The Balaban J connectivity index is 1.54. The molecule has 1 atom stereocenters. The van der Waals surface area contributed by atoms with Gasteiger partial charge in [0.1, 0.15) is 13.1 Å². The lowest BCUT2D eigenvalue weighted by Crippen LogP contribution is -2.45. The van der Waals surface area contributed by atoms with Crippen LogP contribution in [0.5, 0.6) is 0 Å². The third kappa shape index (κ3) is 3.75. The first-order chi connectivity index (χ1) is 13.9. The van der Waals surface area contributed by atoms with Gasteiger partial charge in [-0.15, -0.1) is 0 Å². The molecule has 0 saturated carbocycles. The van der Waals surface area contributed by atoms with Gasteiger partial charge in [0.25, 0.3) is 5.91 Å². The summed E-state index contributed by atoms with van der Waals surface area (Å²) >= 11 is 1.23. The number of para-hydroxylation sites is 2. The summed E-state index contributed by atoms with van der Waals surface area (Å²) in [6, 6.07) is 14.8. The quantitative estimate of drug-likeness (QED) is 0.847. The van der Waals surface area contributed by atoms with Crippen molar-refractivity contribution in [3.8, 4) is 0 Å². The Morgan fingerprint density at radius 3 is 2.62 bits per heavy atom. The van der Waals surface area contributed by atoms with Gasteiger partial charge in [0, 0.05) is 0 Å². The zero-order valence-corrected chi connectivity index (χ0v) is 16.9. The summed E-state index contributed by atoms with van der Waals surface area (Å²) in [6.07, 6.45) is 0. The molecule has 4 rings (SSSR count). The molecule has 29 heavy (non-hydrogen) atoms. The summed E-state index contributed by atoms with van der Waals surface area (Å²) in [5.41, 5.74) is 3.11. The molecular weight excluding hydrogens is 388 g/mol. The lowest BCUT2D eigenvalue weighted by molar-refractivity contribution is -0.121. The highest BCUT2D eigenvalue weighted by molar-refractivity contribution is 8.15. The average Bonchev–Trinajstić information content (AvgIpc) is 3.07. The number of carbonyl (C=O) groups is 3. The number of thioether (sulfide) groups is 1. The number of benzene rings is 2. The lowest BCUT2D eigenvalue weighted by atomic mass is 10.2. The summed E-state index contributed by atoms with van der Waals surface area (Å²) < 4.78 is 0. The molecule has 3 amide bonds. The smallest absolute Gasteiger partial charge is 0.254 e. The third-order valence-electron chi connectivity index (χ3n) is 4.75. The number of aryl methyl sites for hydroxylation is 1. The number of carbonyl (C=O) groups excluding carboxylic acids is 3. The number of nitrogens with zero attached hydrogens (tertiary/aromatic N) is 3. The van der Waals surface area contributed by atoms with Gasteiger partial charge in [-0.3, -0.25) is 29.2 Å². The van der Waals surface area contributed by atoms with Crippen molar-refractivity contribution in [1.29, 1.82) is 0 Å². The zero-order valence-electron chi connectivity index (χ0n) is 16.1. The molecule has 2 heterocycles. The number of aliphatic imine (C=N–C) groups is 1. The van der Waals surface area contributed by atoms with Gasteiger partial charge in [0.15, 0.2) is 5.17 Å². The first kappa shape index (κ1) is 19.2. The minimum absolute atomic E-state index is 0.0339. The van der Waals surface area contributed by atoms with E-state index < -0.39 is 5.25 Å². The van der Waals surface area contributed by atoms with E-state index >= 15 is 0 Å². The van der Waals surface area contributed by atoms with Crippen molar-refractivity contribution in [3.63, 3.8) is 0 Å². The van der Waals surface area contributed by atoms with Gasteiger partial charge in [-0.2, -0.15) is 0 Å². The van der Waals surface area contributed by atoms with Crippen molar-refractivity contribution in [2.45, 2.75) is 19.1 Å². The SMILES string of the molecule is Cc1ccc(N2C(=O)CN=C2S[C@H](C)C(=O)N2CC(=O)Nc3ccccc32)cc1. The highest BCUT2D eigenvalue weighted by Gasteiger charge is 2.34. The average molecular weight is 408 g/mol. The molecule has 0 saturated heterocycles. The van der Waals surface area contributed by atoms with Gasteiger partial charge in [-0.1, -0.05) is 41.6 Å². The molecule has 0 fully saturated rings. The van der Waals surface area contributed by atoms with Crippen molar-refractivity contribution in [2.75, 3.05) is 28.2 Å². The number of fused-ring (bicyclic) bond motifs is 1. The second-order valence-electron chi connectivity index (χ2n) is 6.91. The molecule has 0 radical (unpaired) electrons. The largest absolute Gasteiger partial charge is 0.323 e. The van der Waals surface area contributed by atoms with Gasteiger partial charge in [-0.05, 0) is 38.1 Å². The van der Waals surface area contributed by atoms with Crippen molar-refractivity contribution >= 4 is 51.7 Å². The number of amides is 3. The number of nitrogens with one attached hydrogen (secondary N) is 1. The van der Waals surface area contributed by atoms with Gasteiger partial charge in [0.2, 0.25) is 11.8 Å². The first-order valence-electron chi connectivity index (χ1n) is 9.25. The predicted molar refractivity (Wildman–Crippen MR) is 115 cm³/mol. The molecule has 0 aliphatic carbocycles. The molecule has 148 valence electrons. The summed E-state index contributed by atoms with van der Waals surface area (Å²) in [5.74, 6) is -0.564. The van der Waals surface area contributed by atoms with E-state index in [1.807, 2.05) is 43.3 Å². The maximum atomic E-state index is 13.1. The van der Waals surface area contributed by atoms with Crippen LogP contribution in [0, 0.1) is 6.92 Å². The van der Waals surface area contributed by atoms with Crippen LogP contribution in [-0.2, 0) is 14.4 Å². The Kier molecular flexibility index (Phi) is 5.10. The van der Waals surface area contributed by atoms with Crippen molar-refractivity contribution in [2.24, 2.45) is 4.99 Å².